The average molecular weight is 327 g/mol. The predicted octanol–water partition coefficient (Wildman–Crippen LogP) is 2.20. The summed E-state index contributed by atoms with van der Waals surface area (Å²) >= 11 is 1.33. The molecule has 1 aromatic rings. The van der Waals surface area contributed by atoms with Crippen molar-refractivity contribution in [1.82, 2.24) is 4.90 Å². The second-order valence-electron chi connectivity index (χ2n) is 5.03. The molecule has 0 saturated carbocycles. The Morgan fingerprint density at radius 3 is 2.64 bits per heavy atom. The summed E-state index contributed by atoms with van der Waals surface area (Å²) in [6, 6.07) is 7.35. The number of benzene rings is 1. The van der Waals surface area contributed by atoms with E-state index in [9.17, 15) is 14.0 Å². The zero-order valence-electron chi connectivity index (χ0n) is 12.3. The molecule has 1 unspecified atom stereocenters. The van der Waals surface area contributed by atoms with Gasteiger partial charge in [0.1, 0.15) is 5.75 Å². The quantitative estimate of drug-likeness (QED) is 0.812. The molecule has 0 spiro atoms. The monoisotopic (exact) mass is 327 g/mol. The van der Waals surface area contributed by atoms with Crippen molar-refractivity contribution in [3.63, 3.8) is 0 Å². The average Bonchev–Trinajstić information content (AvgIpc) is 2.91. The van der Waals surface area contributed by atoms with E-state index in [-0.39, 0.29) is 31.2 Å². The summed E-state index contributed by atoms with van der Waals surface area (Å²) in [5, 5.41) is 8.82. The largest absolute Gasteiger partial charge is 0.494 e. The molecule has 1 fully saturated rings. The zero-order valence-corrected chi connectivity index (χ0v) is 13.1. The molecular formula is C15H18FNO4S. The number of hydrogen-bond donors (Lipinski definition) is 1. The van der Waals surface area contributed by atoms with Gasteiger partial charge in [-0.05, 0) is 31.2 Å². The van der Waals surface area contributed by atoms with Crippen molar-refractivity contribution >= 4 is 23.6 Å². The van der Waals surface area contributed by atoms with Gasteiger partial charge in [-0.2, -0.15) is 0 Å². The van der Waals surface area contributed by atoms with Crippen LogP contribution < -0.4 is 4.74 Å². The first kappa shape index (κ1) is 16.6. The normalized spacial score (nSPS) is 20.9. The lowest BCUT2D eigenvalue weighted by molar-refractivity contribution is -0.150. The fraction of sp³-hybridized carbons (Fsp3) is 0.467. The second kappa shape index (κ2) is 7.00. The lowest BCUT2D eigenvalue weighted by atomic mass is 10.1. The summed E-state index contributed by atoms with van der Waals surface area (Å²) in [6.45, 7) is 2.27. The van der Waals surface area contributed by atoms with Gasteiger partial charge in [0.25, 0.3) is 0 Å². The first-order chi connectivity index (χ1) is 10.4. The molecule has 1 N–H and O–H groups in total. The fourth-order valence-corrected chi connectivity index (χ4v) is 3.00. The molecule has 1 saturated heterocycles. The van der Waals surface area contributed by atoms with E-state index < -0.39 is 11.6 Å². The molecule has 0 aromatic heterocycles. The van der Waals surface area contributed by atoms with Crippen molar-refractivity contribution in [2.75, 3.05) is 25.4 Å². The highest BCUT2D eigenvalue weighted by molar-refractivity contribution is 8.00. The first-order valence-corrected chi connectivity index (χ1v) is 7.99. The lowest BCUT2D eigenvalue weighted by Crippen LogP contribution is -2.39. The number of carboxylic acids is 1. The number of alkyl halides is 1. The molecule has 1 heterocycles. The summed E-state index contributed by atoms with van der Waals surface area (Å²) in [5.74, 6) is -0.827. The van der Waals surface area contributed by atoms with Crippen LogP contribution >= 0.6 is 11.8 Å². The SMILES string of the molecule is CCOc1ccc(SCC(=O)N2CCC(F)(C(=O)O)C2)cc1. The molecule has 1 aromatic carbocycles. The van der Waals surface area contributed by atoms with Crippen molar-refractivity contribution in [2.45, 2.75) is 23.9 Å². The Bertz CT molecular complexity index is 551. The smallest absolute Gasteiger partial charge is 0.343 e. The van der Waals surface area contributed by atoms with Crippen molar-refractivity contribution in [1.29, 1.82) is 0 Å². The van der Waals surface area contributed by atoms with E-state index in [4.69, 9.17) is 9.84 Å². The lowest BCUT2D eigenvalue weighted by Gasteiger charge is -2.17. The minimum atomic E-state index is -2.31. The highest BCUT2D eigenvalue weighted by Gasteiger charge is 2.46. The minimum Gasteiger partial charge on any atom is -0.494 e. The van der Waals surface area contributed by atoms with Gasteiger partial charge in [-0.25, -0.2) is 9.18 Å². The van der Waals surface area contributed by atoms with Crippen molar-refractivity contribution < 1.29 is 23.8 Å². The Kier molecular flexibility index (Phi) is 5.28. The topological polar surface area (TPSA) is 66.8 Å². The van der Waals surface area contributed by atoms with Crippen molar-refractivity contribution in [2.24, 2.45) is 0 Å². The van der Waals surface area contributed by atoms with E-state index in [1.54, 1.807) is 0 Å². The summed E-state index contributed by atoms with van der Waals surface area (Å²) in [6.07, 6.45) is -0.151. The summed E-state index contributed by atoms with van der Waals surface area (Å²) in [7, 11) is 0. The number of nitrogens with zero attached hydrogens (tertiary/aromatic N) is 1. The molecular weight excluding hydrogens is 309 g/mol. The molecule has 0 radical (unpaired) electrons. The number of ether oxygens (including phenoxy) is 1. The van der Waals surface area contributed by atoms with Gasteiger partial charge < -0.3 is 14.7 Å². The maximum Gasteiger partial charge on any atom is 0.343 e. The highest BCUT2D eigenvalue weighted by Crippen LogP contribution is 2.27. The first-order valence-electron chi connectivity index (χ1n) is 7.00. The number of amides is 1. The molecule has 1 atom stereocenters. The van der Waals surface area contributed by atoms with Gasteiger partial charge in [0.2, 0.25) is 11.6 Å². The van der Waals surface area contributed by atoms with Crippen LogP contribution in [0.5, 0.6) is 5.75 Å². The predicted molar refractivity (Wildman–Crippen MR) is 81.0 cm³/mol. The van der Waals surface area contributed by atoms with E-state index in [1.807, 2.05) is 31.2 Å². The van der Waals surface area contributed by atoms with Gasteiger partial charge in [-0.3, -0.25) is 4.79 Å². The van der Waals surface area contributed by atoms with Crippen molar-refractivity contribution in [3.05, 3.63) is 24.3 Å². The molecule has 5 nitrogen and oxygen atoms in total. The molecule has 22 heavy (non-hydrogen) atoms. The van der Waals surface area contributed by atoms with Gasteiger partial charge in [-0.15, -0.1) is 11.8 Å². The van der Waals surface area contributed by atoms with Crippen LogP contribution in [0.25, 0.3) is 0 Å². The number of thioether (sulfide) groups is 1. The number of likely N-dealkylation sites (tertiary alicyclic amines) is 1. The van der Waals surface area contributed by atoms with Crippen LogP contribution in [0.3, 0.4) is 0 Å². The Morgan fingerprint density at radius 2 is 2.09 bits per heavy atom. The van der Waals surface area contributed by atoms with Crippen LogP contribution in [0.15, 0.2) is 29.2 Å². The van der Waals surface area contributed by atoms with Crippen molar-refractivity contribution in [3.8, 4) is 5.75 Å². The fourth-order valence-electron chi connectivity index (χ4n) is 2.20. The molecule has 1 aliphatic heterocycles. The number of hydrogen-bond acceptors (Lipinski definition) is 4. The number of aliphatic carboxylic acids is 1. The van der Waals surface area contributed by atoms with Gasteiger partial charge >= 0.3 is 5.97 Å². The van der Waals surface area contributed by atoms with Gasteiger partial charge in [-0.1, -0.05) is 0 Å². The Balaban J connectivity index is 1.84. The van der Waals surface area contributed by atoms with Crippen LogP contribution in [-0.4, -0.2) is 53.0 Å². The molecule has 0 bridgehead atoms. The van der Waals surface area contributed by atoms with Gasteiger partial charge in [0.05, 0.1) is 18.9 Å². The third-order valence-electron chi connectivity index (χ3n) is 3.45. The molecule has 2 rings (SSSR count). The van der Waals surface area contributed by atoms with Crippen LogP contribution in [0.2, 0.25) is 0 Å². The number of carboxylic acid groups (broad SMARTS) is 1. The van der Waals surface area contributed by atoms with Crippen LogP contribution in [0, 0.1) is 0 Å². The van der Waals surface area contributed by atoms with E-state index >= 15 is 0 Å². The summed E-state index contributed by atoms with van der Waals surface area (Å²) in [4.78, 5) is 25.0. The van der Waals surface area contributed by atoms with Crippen LogP contribution in [0.1, 0.15) is 13.3 Å². The Hall–Kier alpha value is -1.76. The summed E-state index contributed by atoms with van der Waals surface area (Å²) in [5.41, 5.74) is -2.31. The van der Waals surface area contributed by atoms with E-state index in [1.165, 1.54) is 16.7 Å². The molecule has 1 amide bonds. The zero-order chi connectivity index (χ0) is 16.2. The number of rotatable bonds is 6. The van der Waals surface area contributed by atoms with E-state index in [0.717, 1.165) is 10.6 Å². The Labute approximate surface area is 132 Å². The van der Waals surface area contributed by atoms with E-state index in [2.05, 4.69) is 0 Å². The second-order valence-corrected chi connectivity index (χ2v) is 6.08. The molecule has 120 valence electrons. The highest BCUT2D eigenvalue weighted by atomic mass is 32.2. The molecule has 7 heteroatoms. The van der Waals surface area contributed by atoms with E-state index in [0.29, 0.717) is 6.61 Å². The van der Waals surface area contributed by atoms with Crippen LogP contribution in [-0.2, 0) is 9.59 Å². The molecule has 1 aliphatic rings. The third kappa shape index (κ3) is 3.91. The summed E-state index contributed by atoms with van der Waals surface area (Å²) < 4.78 is 19.2. The van der Waals surface area contributed by atoms with Crippen LogP contribution in [0.4, 0.5) is 4.39 Å². The number of halogens is 1. The Morgan fingerprint density at radius 1 is 1.41 bits per heavy atom. The maximum absolute atomic E-state index is 13.9. The van der Waals surface area contributed by atoms with Gasteiger partial charge in [0, 0.05) is 17.9 Å². The van der Waals surface area contributed by atoms with Gasteiger partial charge in [0.15, 0.2) is 0 Å². The minimum absolute atomic E-state index is 0.144. The molecule has 0 aliphatic carbocycles. The third-order valence-corrected chi connectivity index (χ3v) is 4.45. The standard InChI is InChI=1S/C15H18FNO4S/c1-2-21-11-3-5-12(6-4-11)22-9-13(18)17-8-7-15(16,10-17)14(19)20/h3-6H,2,7-10H2,1H3,(H,19,20). The number of carbonyl (C=O) groups excluding carboxylic acids is 1. The maximum atomic E-state index is 13.9. The number of carbonyl (C=O) groups is 2.